The molecule has 0 fully saturated rings. The number of amides is 1. The molecule has 0 bridgehead atoms. The molecule has 2 aromatic rings. The van der Waals surface area contributed by atoms with Gasteiger partial charge >= 0.3 is 11.9 Å². The van der Waals surface area contributed by atoms with E-state index in [0.717, 1.165) is 0 Å². The summed E-state index contributed by atoms with van der Waals surface area (Å²) in [6.45, 7) is -0.764. The van der Waals surface area contributed by atoms with Gasteiger partial charge in [-0.3, -0.25) is 4.79 Å². The summed E-state index contributed by atoms with van der Waals surface area (Å²) in [7, 11) is 3.04. The van der Waals surface area contributed by atoms with Crippen molar-refractivity contribution in [1.82, 2.24) is 0 Å². The van der Waals surface area contributed by atoms with Crippen LogP contribution < -0.4 is 14.8 Å². The van der Waals surface area contributed by atoms with Crippen LogP contribution in [-0.4, -0.2) is 43.8 Å². The second-order valence-electron chi connectivity index (χ2n) is 5.45. The molecule has 0 aromatic heterocycles. The van der Waals surface area contributed by atoms with Crippen LogP contribution in [0.3, 0.4) is 0 Å². The molecule has 146 valence electrons. The van der Waals surface area contributed by atoms with Gasteiger partial charge in [-0.2, -0.15) is 0 Å². The molecule has 28 heavy (non-hydrogen) atoms. The van der Waals surface area contributed by atoms with Crippen LogP contribution in [0.15, 0.2) is 48.5 Å². The summed E-state index contributed by atoms with van der Waals surface area (Å²) in [6.07, 6.45) is 2.86. The first-order valence-electron chi connectivity index (χ1n) is 8.13. The Morgan fingerprint density at radius 2 is 1.75 bits per heavy atom. The Morgan fingerprint density at radius 3 is 2.43 bits per heavy atom. The molecular weight excluding hydrogens is 366 g/mol. The zero-order chi connectivity index (χ0) is 20.5. The summed E-state index contributed by atoms with van der Waals surface area (Å²) in [5.41, 5.74) is 0.971. The zero-order valence-electron chi connectivity index (χ0n) is 15.3. The smallest absolute Gasteiger partial charge is 0.341 e. The number of carbonyl (C=O) groups is 3. The van der Waals surface area contributed by atoms with E-state index >= 15 is 0 Å². The standard InChI is InChI=1S/C20H19NO7/c1-26-16-9-7-13(11-17(16)27-2)8-10-18(22)21-15-6-4-3-5-14(15)20(25)28-12-19(23)24/h3-11H,12H2,1-2H3,(H,21,22)(H,23,24)/b10-8+. The van der Waals surface area contributed by atoms with Crippen LogP contribution in [0.1, 0.15) is 15.9 Å². The lowest BCUT2D eigenvalue weighted by atomic mass is 10.1. The van der Waals surface area contributed by atoms with E-state index in [4.69, 9.17) is 14.6 Å². The average Bonchev–Trinajstić information content (AvgIpc) is 2.70. The summed E-state index contributed by atoms with van der Waals surface area (Å²) >= 11 is 0. The van der Waals surface area contributed by atoms with E-state index < -0.39 is 24.5 Å². The number of carboxylic acid groups (broad SMARTS) is 1. The maximum atomic E-state index is 12.2. The Kier molecular flexibility index (Phi) is 7.15. The summed E-state index contributed by atoms with van der Waals surface area (Å²) in [4.78, 5) is 34.7. The minimum absolute atomic E-state index is 0.0524. The van der Waals surface area contributed by atoms with E-state index in [9.17, 15) is 14.4 Å². The number of anilines is 1. The lowest BCUT2D eigenvalue weighted by Gasteiger charge is -2.09. The quantitative estimate of drug-likeness (QED) is 0.531. The number of rotatable bonds is 8. The van der Waals surface area contributed by atoms with Crippen molar-refractivity contribution in [2.24, 2.45) is 0 Å². The molecule has 0 saturated heterocycles. The highest BCUT2D eigenvalue weighted by Gasteiger charge is 2.14. The molecule has 2 aromatic carbocycles. The Hall–Kier alpha value is -3.81. The maximum Gasteiger partial charge on any atom is 0.341 e. The number of carbonyl (C=O) groups excluding carboxylic acids is 2. The number of esters is 1. The van der Waals surface area contributed by atoms with Crippen molar-refractivity contribution in [2.45, 2.75) is 0 Å². The molecular formula is C20H19NO7. The van der Waals surface area contributed by atoms with Crippen LogP contribution in [0.4, 0.5) is 5.69 Å². The molecule has 0 radical (unpaired) electrons. The zero-order valence-corrected chi connectivity index (χ0v) is 15.3. The van der Waals surface area contributed by atoms with Crippen LogP contribution >= 0.6 is 0 Å². The molecule has 0 heterocycles. The normalized spacial score (nSPS) is 10.4. The van der Waals surface area contributed by atoms with E-state index in [0.29, 0.717) is 17.1 Å². The molecule has 2 rings (SSSR count). The molecule has 8 nitrogen and oxygen atoms in total. The summed E-state index contributed by atoms with van der Waals surface area (Å²) in [5.74, 6) is -1.50. The Bertz CT molecular complexity index is 905. The highest BCUT2D eigenvalue weighted by atomic mass is 16.5. The van der Waals surface area contributed by atoms with Crippen LogP contribution in [0, 0.1) is 0 Å². The monoisotopic (exact) mass is 385 g/mol. The van der Waals surface area contributed by atoms with Crippen molar-refractivity contribution in [3.63, 3.8) is 0 Å². The van der Waals surface area contributed by atoms with Crippen molar-refractivity contribution in [2.75, 3.05) is 26.1 Å². The third-order valence-electron chi connectivity index (χ3n) is 3.57. The van der Waals surface area contributed by atoms with E-state index in [1.165, 1.54) is 32.4 Å². The second kappa shape index (κ2) is 9.77. The Balaban J connectivity index is 2.10. The third kappa shape index (κ3) is 5.60. The molecule has 0 aliphatic carbocycles. The number of methoxy groups -OCH3 is 2. The van der Waals surface area contributed by atoms with E-state index in [1.54, 1.807) is 36.4 Å². The predicted molar refractivity (Wildman–Crippen MR) is 102 cm³/mol. The second-order valence-corrected chi connectivity index (χ2v) is 5.45. The minimum Gasteiger partial charge on any atom is -0.493 e. The van der Waals surface area contributed by atoms with Gasteiger partial charge in [0.05, 0.1) is 25.5 Å². The van der Waals surface area contributed by atoms with Gasteiger partial charge in [-0.25, -0.2) is 9.59 Å². The van der Waals surface area contributed by atoms with E-state index in [1.807, 2.05) is 0 Å². The average molecular weight is 385 g/mol. The molecule has 1 amide bonds. The van der Waals surface area contributed by atoms with Gasteiger partial charge in [-0.15, -0.1) is 0 Å². The fourth-order valence-corrected chi connectivity index (χ4v) is 2.28. The number of aliphatic carboxylic acids is 1. The summed E-state index contributed by atoms with van der Waals surface area (Å²) in [5, 5.41) is 11.2. The molecule has 0 aliphatic heterocycles. The number of benzene rings is 2. The number of para-hydroxylation sites is 1. The largest absolute Gasteiger partial charge is 0.493 e. The van der Waals surface area contributed by atoms with Crippen molar-refractivity contribution >= 4 is 29.6 Å². The van der Waals surface area contributed by atoms with Crippen molar-refractivity contribution in [1.29, 1.82) is 0 Å². The van der Waals surface area contributed by atoms with E-state index in [-0.39, 0.29) is 11.3 Å². The van der Waals surface area contributed by atoms with Gasteiger partial charge < -0.3 is 24.6 Å². The van der Waals surface area contributed by atoms with Crippen LogP contribution in [0.5, 0.6) is 11.5 Å². The van der Waals surface area contributed by atoms with Crippen molar-refractivity contribution in [3.8, 4) is 11.5 Å². The van der Waals surface area contributed by atoms with Crippen LogP contribution in [0.2, 0.25) is 0 Å². The van der Waals surface area contributed by atoms with Gasteiger partial charge in [-0.05, 0) is 35.9 Å². The number of hydrogen-bond acceptors (Lipinski definition) is 6. The fraction of sp³-hybridized carbons (Fsp3) is 0.150. The van der Waals surface area contributed by atoms with Gasteiger partial charge in [0.1, 0.15) is 0 Å². The molecule has 0 spiro atoms. The van der Waals surface area contributed by atoms with Gasteiger partial charge in [0.15, 0.2) is 18.1 Å². The Morgan fingerprint density at radius 1 is 1.04 bits per heavy atom. The lowest BCUT2D eigenvalue weighted by Crippen LogP contribution is -2.16. The first-order chi connectivity index (χ1) is 13.4. The minimum atomic E-state index is -1.27. The third-order valence-corrected chi connectivity index (χ3v) is 3.57. The first kappa shape index (κ1) is 20.5. The Labute approximate surface area is 161 Å². The number of hydrogen-bond donors (Lipinski definition) is 2. The van der Waals surface area contributed by atoms with E-state index in [2.05, 4.69) is 10.1 Å². The number of nitrogens with one attached hydrogen (secondary N) is 1. The molecule has 0 aliphatic rings. The molecule has 0 unspecified atom stereocenters. The molecule has 0 atom stereocenters. The van der Waals surface area contributed by atoms with Gasteiger partial charge in [0, 0.05) is 6.08 Å². The number of carboxylic acids is 1. The highest BCUT2D eigenvalue weighted by Crippen LogP contribution is 2.28. The predicted octanol–water partition coefficient (Wildman–Crippen LogP) is 2.60. The van der Waals surface area contributed by atoms with Crippen molar-refractivity contribution in [3.05, 3.63) is 59.7 Å². The number of ether oxygens (including phenoxy) is 3. The molecule has 0 saturated carbocycles. The topological polar surface area (TPSA) is 111 Å². The van der Waals surface area contributed by atoms with Gasteiger partial charge in [0.25, 0.3) is 0 Å². The van der Waals surface area contributed by atoms with Crippen LogP contribution in [0.25, 0.3) is 6.08 Å². The fourth-order valence-electron chi connectivity index (χ4n) is 2.28. The first-order valence-corrected chi connectivity index (χ1v) is 8.13. The summed E-state index contributed by atoms with van der Waals surface area (Å²) < 4.78 is 15.0. The van der Waals surface area contributed by atoms with Crippen LogP contribution in [-0.2, 0) is 14.3 Å². The SMILES string of the molecule is COc1ccc(/C=C/C(=O)Nc2ccccc2C(=O)OCC(=O)O)cc1OC. The van der Waals surface area contributed by atoms with Gasteiger partial charge in [0.2, 0.25) is 5.91 Å². The summed E-state index contributed by atoms with van der Waals surface area (Å²) in [6, 6.07) is 11.3. The molecule has 8 heteroatoms. The molecule has 2 N–H and O–H groups in total. The maximum absolute atomic E-state index is 12.2. The van der Waals surface area contributed by atoms with Crippen molar-refractivity contribution < 1.29 is 33.7 Å². The van der Waals surface area contributed by atoms with Gasteiger partial charge in [-0.1, -0.05) is 18.2 Å². The highest BCUT2D eigenvalue weighted by molar-refractivity contribution is 6.06. The lowest BCUT2D eigenvalue weighted by molar-refractivity contribution is -0.140.